The Bertz CT molecular complexity index is 555. The smallest absolute Gasteiger partial charge is 0.191 e. The quantitative estimate of drug-likeness (QED) is 0.684. The van der Waals surface area contributed by atoms with Crippen LogP contribution in [0.5, 0.6) is 0 Å². The van der Waals surface area contributed by atoms with Gasteiger partial charge in [0.1, 0.15) is 5.25 Å². The lowest BCUT2D eigenvalue weighted by atomic mass is 9.85. The van der Waals surface area contributed by atoms with Crippen molar-refractivity contribution < 1.29 is 9.59 Å². The number of hydrogen-bond donors (Lipinski definition) is 0. The summed E-state index contributed by atoms with van der Waals surface area (Å²) in [4.78, 5) is 24.3. The van der Waals surface area contributed by atoms with Gasteiger partial charge in [0.15, 0.2) is 11.6 Å². The lowest BCUT2D eigenvalue weighted by molar-refractivity contribution is 0.0941. The minimum absolute atomic E-state index is 0.0166. The molecule has 0 amide bonds. The van der Waals surface area contributed by atoms with Crippen molar-refractivity contribution in [2.45, 2.75) is 5.25 Å². The average Bonchev–Trinajstić information content (AvgIpc) is 2.36. The van der Waals surface area contributed by atoms with Crippen LogP contribution in [0.2, 0.25) is 0 Å². The number of fused-ring (bicyclic) bond motifs is 2. The second-order valence-electron chi connectivity index (χ2n) is 3.71. The Kier molecular flexibility index (Phi) is 2.07. The monoisotopic (exact) mass is 228 g/mol. The summed E-state index contributed by atoms with van der Waals surface area (Å²) in [6, 6.07) is 7.03. The van der Waals surface area contributed by atoms with Gasteiger partial charge in [0.25, 0.3) is 0 Å². The fraction of sp³-hybridized carbons (Fsp3) is 0.0769. The summed E-state index contributed by atoms with van der Waals surface area (Å²) in [6.45, 7) is 0. The number of carbonyl (C=O) groups is 2. The number of carbonyl (C=O) groups excluding carboxylic acids is 2. The molecule has 1 atom stereocenters. The minimum Gasteiger partial charge on any atom is -0.292 e. The van der Waals surface area contributed by atoms with Crippen molar-refractivity contribution in [1.29, 1.82) is 0 Å². The van der Waals surface area contributed by atoms with E-state index in [0.29, 0.717) is 16.7 Å². The first-order valence-electron chi connectivity index (χ1n) is 4.99. The van der Waals surface area contributed by atoms with Crippen LogP contribution in [0.4, 0.5) is 0 Å². The van der Waals surface area contributed by atoms with E-state index in [-0.39, 0.29) is 16.8 Å². The largest absolute Gasteiger partial charge is 0.292 e. The lowest BCUT2D eigenvalue weighted by Crippen LogP contribution is -2.32. The summed E-state index contributed by atoms with van der Waals surface area (Å²) in [7, 11) is 0. The van der Waals surface area contributed by atoms with Crippen molar-refractivity contribution in [1.82, 2.24) is 0 Å². The zero-order valence-electron chi connectivity index (χ0n) is 8.34. The molecule has 0 saturated heterocycles. The van der Waals surface area contributed by atoms with E-state index < -0.39 is 0 Å². The summed E-state index contributed by atoms with van der Waals surface area (Å²) in [6.07, 6.45) is 3.56. The van der Waals surface area contributed by atoms with Crippen molar-refractivity contribution in [2.24, 2.45) is 0 Å². The fourth-order valence-electron chi connectivity index (χ4n) is 2.02. The highest BCUT2D eigenvalue weighted by molar-refractivity contribution is 8.03. The zero-order chi connectivity index (χ0) is 11.1. The second kappa shape index (κ2) is 3.46. The number of thioether (sulfide) groups is 1. The molecule has 1 aromatic carbocycles. The van der Waals surface area contributed by atoms with Gasteiger partial charge in [-0.15, -0.1) is 11.8 Å². The molecule has 1 heterocycles. The summed E-state index contributed by atoms with van der Waals surface area (Å²) in [5.41, 5.74) is 1.69. The topological polar surface area (TPSA) is 34.1 Å². The SMILES string of the molecule is O=C1C2=CC=CSC2C(=O)c2ccccc21. The highest BCUT2D eigenvalue weighted by atomic mass is 32.2. The van der Waals surface area contributed by atoms with Gasteiger partial charge < -0.3 is 0 Å². The van der Waals surface area contributed by atoms with E-state index in [2.05, 4.69) is 0 Å². The standard InChI is InChI=1S/C13H8O2S/c14-11-8-4-1-2-5-9(8)12(15)13-10(11)6-3-7-16-13/h1-7,13H. The van der Waals surface area contributed by atoms with Crippen LogP contribution in [0.3, 0.4) is 0 Å². The van der Waals surface area contributed by atoms with Crippen LogP contribution in [0.1, 0.15) is 20.7 Å². The molecule has 1 unspecified atom stereocenters. The molecule has 0 radical (unpaired) electrons. The molecule has 0 saturated carbocycles. The molecule has 2 aliphatic rings. The Hall–Kier alpha value is -1.61. The summed E-state index contributed by atoms with van der Waals surface area (Å²) in [5.74, 6) is 0.0212. The fourth-order valence-corrected chi connectivity index (χ4v) is 2.93. The van der Waals surface area contributed by atoms with Gasteiger partial charge >= 0.3 is 0 Å². The first kappa shape index (κ1) is 9.60. The third-order valence-corrected chi connectivity index (χ3v) is 3.84. The van der Waals surface area contributed by atoms with E-state index in [1.807, 2.05) is 11.5 Å². The minimum atomic E-state index is -0.340. The molecule has 0 bridgehead atoms. The molecule has 78 valence electrons. The maximum absolute atomic E-state index is 12.1. The van der Waals surface area contributed by atoms with Gasteiger partial charge in [-0.25, -0.2) is 0 Å². The van der Waals surface area contributed by atoms with Crippen LogP contribution in [-0.2, 0) is 0 Å². The maximum atomic E-state index is 12.1. The molecule has 1 aliphatic heterocycles. The van der Waals surface area contributed by atoms with Crippen molar-refractivity contribution in [3.63, 3.8) is 0 Å². The third kappa shape index (κ3) is 1.21. The van der Waals surface area contributed by atoms with Gasteiger partial charge in [0, 0.05) is 16.7 Å². The van der Waals surface area contributed by atoms with E-state index in [4.69, 9.17) is 0 Å². The first-order valence-corrected chi connectivity index (χ1v) is 5.93. The molecule has 1 aliphatic carbocycles. The number of benzene rings is 1. The summed E-state index contributed by atoms with van der Waals surface area (Å²) < 4.78 is 0. The number of hydrogen-bond acceptors (Lipinski definition) is 3. The van der Waals surface area contributed by atoms with E-state index in [1.165, 1.54) is 11.8 Å². The maximum Gasteiger partial charge on any atom is 0.191 e. The van der Waals surface area contributed by atoms with Gasteiger partial charge in [-0.05, 0) is 5.41 Å². The first-order chi connectivity index (χ1) is 7.79. The molecule has 16 heavy (non-hydrogen) atoms. The summed E-state index contributed by atoms with van der Waals surface area (Å²) >= 11 is 1.40. The number of rotatable bonds is 0. The van der Waals surface area contributed by atoms with Crippen LogP contribution in [-0.4, -0.2) is 16.8 Å². The van der Waals surface area contributed by atoms with Crippen LogP contribution in [0.25, 0.3) is 0 Å². The highest BCUT2D eigenvalue weighted by Crippen LogP contribution is 2.35. The normalized spacial score (nSPS) is 22.5. The molecule has 2 nitrogen and oxygen atoms in total. The molecule has 1 aromatic rings. The molecular formula is C13H8O2S. The second-order valence-corrected chi connectivity index (χ2v) is 4.72. The third-order valence-electron chi connectivity index (χ3n) is 2.79. The molecule has 0 fully saturated rings. The van der Waals surface area contributed by atoms with E-state index >= 15 is 0 Å². The van der Waals surface area contributed by atoms with Crippen molar-refractivity contribution >= 4 is 23.3 Å². The van der Waals surface area contributed by atoms with Gasteiger partial charge in [-0.1, -0.05) is 36.4 Å². The van der Waals surface area contributed by atoms with Crippen molar-refractivity contribution in [2.75, 3.05) is 0 Å². The van der Waals surface area contributed by atoms with Crippen LogP contribution in [0, 0.1) is 0 Å². The van der Waals surface area contributed by atoms with Crippen molar-refractivity contribution in [3.05, 3.63) is 58.5 Å². The zero-order valence-corrected chi connectivity index (χ0v) is 9.16. The molecule has 3 rings (SSSR count). The van der Waals surface area contributed by atoms with Gasteiger partial charge in [-0.3, -0.25) is 9.59 Å². The lowest BCUT2D eigenvalue weighted by Gasteiger charge is -2.25. The predicted molar refractivity (Wildman–Crippen MR) is 63.7 cm³/mol. The van der Waals surface area contributed by atoms with Crippen LogP contribution in [0.15, 0.2) is 47.4 Å². The average molecular weight is 228 g/mol. The van der Waals surface area contributed by atoms with E-state index in [9.17, 15) is 9.59 Å². The number of ketones is 2. The Morgan fingerprint density at radius 1 is 1.06 bits per heavy atom. The molecule has 0 spiro atoms. The Balaban J connectivity index is 2.24. The van der Waals surface area contributed by atoms with Crippen LogP contribution < -0.4 is 0 Å². The molecular weight excluding hydrogens is 220 g/mol. The van der Waals surface area contributed by atoms with Gasteiger partial charge in [0.2, 0.25) is 0 Å². The molecule has 3 heteroatoms. The van der Waals surface area contributed by atoms with Gasteiger partial charge in [-0.2, -0.15) is 0 Å². The highest BCUT2D eigenvalue weighted by Gasteiger charge is 2.37. The van der Waals surface area contributed by atoms with Crippen LogP contribution >= 0.6 is 11.8 Å². The Morgan fingerprint density at radius 2 is 1.81 bits per heavy atom. The Morgan fingerprint density at radius 3 is 2.62 bits per heavy atom. The number of Topliss-reactive ketones (excluding diaryl/α,β-unsaturated/α-hetero) is 2. The predicted octanol–water partition coefficient (Wildman–Crippen LogP) is 2.62. The number of allylic oxidation sites excluding steroid dienone is 2. The van der Waals surface area contributed by atoms with E-state index in [0.717, 1.165) is 0 Å². The van der Waals surface area contributed by atoms with E-state index in [1.54, 1.807) is 30.3 Å². The van der Waals surface area contributed by atoms with Crippen molar-refractivity contribution in [3.8, 4) is 0 Å². The molecule has 0 aromatic heterocycles. The van der Waals surface area contributed by atoms with Gasteiger partial charge in [0.05, 0.1) is 0 Å². The summed E-state index contributed by atoms with van der Waals surface area (Å²) in [5, 5.41) is 1.51. The molecule has 0 N–H and O–H groups in total. The Labute approximate surface area is 97.0 Å².